The topological polar surface area (TPSA) is 55.1 Å². The number of rotatable bonds is 5. The lowest BCUT2D eigenvalue weighted by Crippen LogP contribution is -2.26. The van der Waals surface area contributed by atoms with Gasteiger partial charge in [0.25, 0.3) is 5.91 Å². The first-order valence-corrected chi connectivity index (χ1v) is 6.22. The molecule has 0 aliphatic rings. The van der Waals surface area contributed by atoms with E-state index in [1.807, 2.05) is 0 Å². The number of hydrogen-bond donors (Lipinski definition) is 2. The Morgan fingerprint density at radius 3 is 2.88 bits per heavy atom. The monoisotopic (exact) mass is 318 g/mol. The van der Waals surface area contributed by atoms with Gasteiger partial charge in [-0.05, 0) is 31.0 Å². The van der Waals surface area contributed by atoms with Gasteiger partial charge in [-0.25, -0.2) is 4.39 Å². The fraction of sp³-hybridized carbons (Fsp3) is 0.273. The number of benzene rings is 1. The van der Waals surface area contributed by atoms with Crippen molar-refractivity contribution in [3.05, 3.63) is 34.1 Å². The van der Waals surface area contributed by atoms with Crippen molar-refractivity contribution in [2.24, 2.45) is 5.73 Å². The third-order valence-corrected chi connectivity index (χ3v) is 2.76. The van der Waals surface area contributed by atoms with Crippen LogP contribution in [0.1, 0.15) is 23.2 Å². The summed E-state index contributed by atoms with van der Waals surface area (Å²) in [7, 11) is 0. The van der Waals surface area contributed by atoms with Crippen LogP contribution in [0.2, 0.25) is 0 Å². The number of hydrogen-bond acceptors (Lipinski definition) is 2. The average molecular weight is 319 g/mol. The van der Waals surface area contributed by atoms with Crippen LogP contribution in [0.15, 0.2) is 22.7 Å². The van der Waals surface area contributed by atoms with Gasteiger partial charge in [-0.15, -0.1) is 0 Å². The van der Waals surface area contributed by atoms with E-state index in [9.17, 15) is 9.18 Å². The molecule has 1 rings (SSSR count). The van der Waals surface area contributed by atoms with Crippen molar-refractivity contribution in [3.8, 4) is 0 Å². The largest absolute Gasteiger partial charge is 0.393 e. The van der Waals surface area contributed by atoms with Gasteiger partial charge in [-0.1, -0.05) is 28.1 Å². The second-order valence-electron chi connectivity index (χ2n) is 3.45. The zero-order chi connectivity index (χ0) is 12.8. The fourth-order valence-electron chi connectivity index (χ4n) is 1.23. The molecular formula is C11H12BrFN2OS. The number of carbonyl (C=O) groups excluding carboxylic acids is 1. The van der Waals surface area contributed by atoms with Crippen LogP contribution in [0.5, 0.6) is 0 Å². The fourth-order valence-corrected chi connectivity index (χ4v) is 1.74. The molecule has 3 nitrogen and oxygen atoms in total. The molecule has 0 heterocycles. The molecule has 0 saturated carbocycles. The number of thiocarbonyl (C=S) groups is 1. The van der Waals surface area contributed by atoms with Crippen molar-refractivity contribution < 1.29 is 9.18 Å². The van der Waals surface area contributed by atoms with E-state index < -0.39 is 11.7 Å². The van der Waals surface area contributed by atoms with Gasteiger partial charge in [0.15, 0.2) is 0 Å². The first-order chi connectivity index (χ1) is 8.00. The SMILES string of the molecule is NC(=S)CCCNC(=O)c1cc(Br)ccc1F. The normalized spacial score (nSPS) is 10.0. The van der Waals surface area contributed by atoms with Gasteiger partial charge in [0.1, 0.15) is 5.82 Å². The molecule has 1 aromatic rings. The van der Waals surface area contributed by atoms with Crippen LogP contribution < -0.4 is 11.1 Å². The Morgan fingerprint density at radius 1 is 1.53 bits per heavy atom. The van der Waals surface area contributed by atoms with Gasteiger partial charge in [0.05, 0.1) is 10.6 Å². The van der Waals surface area contributed by atoms with E-state index in [-0.39, 0.29) is 5.56 Å². The van der Waals surface area contributed by atoms with E-state index in [1.165, 1.54) is 12.1 Å². The van der Waals surface area contributed by atoms with Crippen molar-refractivity contribution in [3.63, 3.8) is 0 Å². The van der Waals surface area contributed by atoms with Crippen molar-refractivity contribution in [1.82, 2.24) is 5.32 Å². The van der Waals surface area contributed by atoms with Crippen LogP contribution >= 0.6 is 28.1 Å². The maximum absolute atomic E-state index is 13.3. The Bertz CT molecular complexity index is 439. The molecule has 0 saturated heterocycles. The number of halogens is 2. The van der Waals surface area contributed by atoms with Gasteiger partial charge < -0.3 is 11.1 Å². The smallest absolute Gasteiger partial charge is 0.254 e. The molecule has 0 aliphatic carbocycles. The molecule has 0 radical (unpaired) electrons. The highest BCUT2D eigenvalue weighted by molar-refractivity contribution is 9.10. The second kappa shape index (κ2) is 6.66. The maximum Gasteiger partial charge on any atom is 0.254 e. The molecule has 0 spiro atoms. The number of amides is 1. The van der Waals surface area contributed by atoms with E-state index in [2.05, 4.69) is 21.2 Å². The zero-order valence-electron chi connectivity index (χ0n) is 9.00. The molecular weight excluding hydrogens is 307 g/mol. The summed E-state index contributed by atoms with van der Waals surface area (Å²) < 4.78 is 14.0. The van der Waals surface area contributed by atoms with E-state index in [0.29, 0.717) is 28.8 Å². The summed E-state index contributed by atoms with van der Waals surface area (Å²) in [5, 5.41) is 2.61. The van der Waals surface area contributed by atoms with Crippen LogP contribution in [0.25, 0.3) is 0 Å². The van der Waals surface area contributed by atoms with Gasteiger partial charge in [0.2, 0.25) is 0 Å². The van der Waals surface area contributed by atoms with E-state index in [0.717, 1.165) is 0 Å². The third kappa shape index (κ3) is 4.79. The van der Waals surface area contributed by atoms with Gasteiger partial charge in [-0.2, -0.15) is 0 Å². The third-order valence-electron chi connectivity index (χ3n) is 2.06. The molecule has 6 heteroatoms. The molecule has 1 amide bonds. The number of carbonyl (C=O) groups is 1. The van der Waals surface area contributed by atoms with E-state index in [4.69, 9.17) is 18.0 Å². The van der Waals surface area contributed by atoms with Crippen LogP contribution in [0.4, 0.5) is 4.39 Å². The van der Waals surface area contributed by atoms with Crippen molar-refractivity contribution in [2.45, 2.75) is 12.8 Å². The Labute approximate surface area is 113 Å². The number of nitrogens with one attached hydrogen (secondary N) is 1. The Morgan fingerprint density at radius 2 is 2.24 bits per heavy atom. The summed E-state index contributed by atoms with van der Waals surface area (Å²) in [5.74, 6) is -0.980. The summed E-state index contributed by atoms with van der Waals surface area (Å²) in [4.78, 5) is 12.0. The van der Waals surface area contributed by atoms with Crippen molar-refractivity contribution >= 4 is 39.0 Å². The first-order valence-electron chi connectivity index (χ1n) is 5.02. The zero-order valence-corrected chi connectivity index (χ0v) is 11.4. The lowest BCUT2D eigenvalue weighted by molar-refractivity contribution is 0.0949. The minimum absolute atomic E-state index is 0.0229. The number of nitrogens with two attached hydrogens (primary N) is 1. The average Bonchev–Trinajstić information content (AvgIpc) is 2.27. The van der Waals surface area contributed by atoms with Gasteiger partial charge in [-0.3, -0.25) is 4.79 Å². The summed E-state index contributed by atoms with van der Waals surface area (Å²) in [5.41, 5.74) is 5.34. The highest BCUT2D eigenvalue weighted by Gasteiger charge is 2.11. The lowest BCUT2D eigenvalue weighted by atomic mass is 10.2. The molecule has 0 unspecified atom stereocenters. The summed E-state index contributed by atoms with van der Waals surface area (Å²) in [6.45, 7) is 0.419. The summed E-state index contributed by atoms with van der Waals surface area (Å²) in [6.07, 6.45) is 1.22. The summed E-state index contributed by atoms with van der Waals surface area (Å²) >= 11 is 7.89. The van der Waals surface area contributed by atoms with Crippen molar-refractivity contribution in [2.75, 3.05) is 6.54 Å². The second-order valence-corrected chi connectivity index (χ2v) is 4.89. The Balaban J connectivity index is 2.52. The van der Waals surface area contributed by atoms with Crippen LogP contribution in [0, 0.1) is 5.82 Å². The molecule has 1 aromatic carbocycles. The highest BCUT2D eigenvalue weighted by atomic mass is 79.9. The maximum atomic E-state index is 13.3. The van der Waals surface area contributed by atoms with Crippen molar-refractivity contribution in [1.29, 1.82) is 0 Å². The summed E-state index contributed by atoms with van der Waals surface area (Å²) in [6, 6.07) is 4.23. The molecule has 0 aliphatic heterocycles. The Hall–Kier alpha value is -1.01. The molecule has 17 heavy (non-hydrogen) atoms. The Kier molecular flexibility index (Phi) is 5.50. The minimum Gasteiger partial charge on any atom is -0.393 e. The molecule has 3 N–H and O–H groups in total. The first kappa shape index (κ1) is 14.1. The van der Waals surface area contributed by atoms with E-state index >= 15 is 0 Å². The standard InChI is InChI=1S/C11H12BrFN2OS/c12-7-3-4-9(13)8(6-7)11(16)15-5-1-2-10(14)17/h3-4,6H,1-2,5H2,(H2,14,17)(H,15,16). The van der Waals surface area contributed by atoms with Gasteiger partial charge in [0, 0.05) is 11.0 Å². The highest BCUT2D eigenvalue weighted by Crippen LogP contribution is 2.15. The molecule has 0 aromatic heterocycles. The van der Waals surface area contributed by atoms with Gasteiger partial charge >= 0.3 is 0 Å². The van der Waals surface area contributed by atoms with E-state index in [1.54, 1.807) is 6.07 Å². The molecule has 0 fully saturated rings. The molecule has 0 bridgehead atoms. The van der Waals surface area contributed by atoms with Crippen LogP contribution in [0.3, 0.4) is 0 Å². The minimum atomic E-state index is -0.542. The predicted molar refractivity (Wildman–Crippen MR) is 72.5 cm³/mol. The molecule has 0 atom stereocenters. The lowest BCUT2D eigenvalue weighted by Gasteiger charge is -2.06. The molecule has 92 valence electrons. The quantitative estimate of drug-likeness (QED) is 0.647. The van der Waals surface area contributed by atoms with Crippen LogP contribution in [-0.4, -0.2) is 17.4 Å². The predicted octanol–water partition coefficient (Wildman–Crippen LogP) is 2.38. The van der Waals surface area contributed by atoms with Crippen LogP contribution in [-0.2, 0) is 0 Å².